The molecule has 3 rings (SSSR count). The van der Waals surface area contributed by atoms with Gasteiger partial charge in [-0.25, -0.2) is 0 Å². The zero-order chi connectivity index (χ0) is 16.2. The van der Waals surface area contributed by atoms with E-state index in [-0.39, 0.29) is 36.7 Å². The minimum atomic E-state index is -0.248. The Kier molecular flexibility index (Phi) is 5.10. The Labute approximate surface area is 140 Å². The molecule has 0 N–H and O–H groups in total. The lowest BCUT2D eigenvalue weighted by Gasteiger charge is -2.35. The predicted octanol–water partition coefficient (Wildman–Crippen LogP) is 2.07. The van der Waals surface area contributed by atoms with Gasteiger partial charge >= 0.3 is 0 Å². The van der Waals surface area contributed by atoms with Gasteiger partial charge in [0.05, 0.1) is 0 Å². The van der Waals surface area contributed by atoms with Gasteiger partial charge in [-0.05, 0) is 30.7 Å². The molecule has 1 aliphatic carbocycles. The molecule has 5 nitrogen and oxygen atoms in total. The largest absolute Gasteiger partial charge is 0.324 e. The lowest BCUT2D eigenvalue weighted by atomic mass is 9.88. The lowest BCUT2D eigenvalue weighted by Crippen LogP contribution is -2.57. The summed E-state index contributed by atoms with van der Waals surface area (Å²) in [7, 11) is 0. The van der Waals surface area contributed by atoms with E-state index in [4.69, 9.17) is 0 Å². The molecule has 6 heteroatoms. The van der Waals surface area contributed by atoms with Crippen LogP contribution in [0.3, 0.4) is 0 Å². The molecule has 0 aromatic carbocycles. The zero-order valence-electron chi connectivity index (χ0n) is 13.2. The van der Waals surface area contributed by atoms with E-state index in [0.717, 1.165) is 30.6 Å². The average molecular weight is 334 g/mol. The first-order chi connectivity index (χ1) is 11.1. The van der Waals surface area contributed by atoms with E-state index in [1.165, 1.54) is 16.2 Å². The molecular weight excluding hydrogens is 312 g/mol. The Balaban J connectivity index is 1.56. The zero-order valence-corrected chi connectivity index (χ0v) is 14.0. The molecule has 3 amide bonds. The molecule has 0 atom stereocenters. The Hall–Kier alpha value is -1.69. The monoisotopic (exact) mass is 334 g/mol. The Bertz CT molecular complexity index is 561. The second-order valence-corrected chi connectivity index (χ2v) is 7.33. The molecule has 2 aliphatic rings. The maximum atomic E-state index is 12.5. The number of piperazine rings is 1. The minimum Gasteiger partial charge on any atom is -0.324 e. The van der Waals surface area contributed by atoms with Gasteiger partial charge in [0.25, 0.3) is 0 Å². The van der Waals surface area contributed by atoms with E-state index in [1.807, 2.05) is 17.5 Å². The molecule has 1 aromatic heterocycles. The van der Waals surface area contributed by atoms with Crippen LogP contribution in [-0.2, 0) is 20.8 Å². The van der Waals surface area contributed by atoms with Crippen LogP contribution in [0.4, 0.5) is 0 Å². The van der Waals surface area contributed by atoms with Gasteiger partial charge < -0.3 is 4.90 Å². The van der Waals surface area contributed by atoms with Gasteiger partial charge in [-0.1, -0.05) is 25.3 Å². The van der Waals surface area contributed by atoms with Crippen molar-refractivity contribution in [3.05, 3.63) is 22.4 Å². The van der Waals surface area contributed by atoms with Gasteiger partial charge in [0.2, 0.25) is 17.7 Å². The van der Waals surface area contributed by atoms with E-state index >= 15 is 0 Å². The summed E-state index contributed by atoms with van der Waals surface area (Å²) in [5, 5.41) is 1.99. The first kappa shape index (κ1) is 16.2. The van der Waals surface area contributed by atoms with Crippen molar-refractivity contribution in [3.63, 3.8) is 0 Å². The van der Waals surface area contributed by atoms with Crippen LogP contribution in [0.15, 0.2) is 17.5 Å². The topological polar surface area (TPSA) is 57.7 Å². The van der Waals surface area contributed by atoms with E-state index in [0.29, 0.717) is 13.0 Å². The smallest absolute Gasteiger partial charge is 0.248 e. The standard InChI is InChI=1S/C17H22N2O3S/c20-15-11-18(17(22)13-5-2-1-3-6-13)12-16(21)19(15)9-8-14-7-4-10-23-14/h4,7,10,13H,1-3,5-6,8-9,11-12H2. The summed E-state index contributed by atoms with van der Waals surface area (Å²) < 4.78 is 0. The van der Waals surface area contributed by atoms with Gasteiger partial charge in [-0.15, -0.1) is 11.3 Å². The van der Waals surface area contributed by atoms with E-state index in [9.17, 15) is 14.4 Å². The maximum absolute atomic E-state index is 12.5. The highest BCUT2D eigenvalue weighted by Gasteiger charge is 2.35. The lowest BCUT2D eigenvalue weighted by molar-refractivity contribution is -0.158. The SMILES string of the molecule is O=C(C1CCCCC1)N1CC(=O)N(CCc2cccs2)C(=O)C1. The molecular formula is C17H22N2O3S. The summed E-state index contributed by atoms with van der Waals surface area (Å²) in [6.07, 6.45) is 5.78. The van der Waals surface area contributed by atoms with Crippen LogP contribution in [0.1, 0.15) is 37.0 Å². The summed E-state index contributed by atoms with van der Waals surface area (Å²) in [4.78, 5) is 41.0. The van der Waals surface area contributed by atoms with Crippen molar-refractivity contribution in [1.29, 1.82) is 0 Å². The van der Waals surface area contributed by atoms with Gasteiger partial charge in [0.1, 0.15) is 13.1 Å². The van der Waals surface area contributed by atoms with Gasteiger partial charge in [0, 0.05) is 17.3 Å². The van der Waals surface area contributed by atoms with Crippen molar-refractivity contribution in [2.75, 3.05) is 19.6 Å². The number of thiophene rings is 1. The number of imide groups is 1. The molecule has 0 unspecified atom stereocenters. The van der Waals surface area contributed by atoms with Crippen molar-refractivity contribution in [2.45, 2.75) is 38.5 Å². The summed E-state index contributed by atoms with van der Waals surface area (Å²) in [6.45, 7) is 0.501. The molecule has 0 radical (unpaired) electrons. The molecule has 1 aromatic rings. The third-order valence-electron chi connectivity index (χ3n) is 4.68. The number of rotatable bonds is 4. The highest BCUT2D eigenvalue weighted by Crippen LogP contribution is 2.26. The molecule has 124 valence electrons. The van der Waals surface area contributed by atoms with Crippen molar-refractivity contribution in [3.8, 4) is 0 Å². The van der Waals surface area contributed by atoms with Crippen LogP contribution in [0.2, 0.25) is 0 Å². The quantitative estimate of drug-likeness (QED) is 0.792. The Morgan fingerprint density at radius 1 is 1.13 bits per heavy atom. The van der Waals surface area contributed by atoms with Crippen LogP contribution in [0.5, 0.6) is 0 Å². The van der Waals surface area contributed by atoms with Crippen molar-refractivity contribution in [2.24, 2.45) is 5.92 Å². The van der Waals surface area contributed by atoms with Crippen LogP contribution < -0.4 is 0 Å². The van der Waals surface area contributed by atoms with Crippen molar-refractivity contribution < 1.29 is 14.4 Å². The number of carbonyl (C=O) groups is 3. The fourth-order valence-electron chi connectivity index (χ4n) is 3.38. The van der Waals surface area contributed by atoms with Gasteiger partial charge in [-0.3, -0.25) is 19.3 Å². The van der Waals surface area contributed by atoms with E-state index in [2.05, 4.69) is 0 Å². The molecule has 1 saturated carbocycles. The summed E-state index contributed by atoms with van der Waals surface area (Å²) >= 11 is 1.62. The molecule has 0 spiro atoms. The first-order valence-corrected chi connectivity index (χ1v) is 9.17. The van der Waals surface area contributed by atoms with Crippen molar-refractivity contribution >= 4 is 29.1 Å². The third kappa shape index (κ3) is 3.80. The number of hydrogen-bond acceptors (Lipinski definition) is 4. The summed E-state index contributed by atoms with van der Waals surface area (Å²) in [6, 6.07) is 3.97. The number of nitrogens with zero attached hydrogens (tertiary/aromatic N) is 2. The fraction of sp³-hybridized carbons (Fsp3) is 0.588. The average Bonchev–Trinajstić information content (AvgIpc) is 3.07. The summed E-state index contributed by atoms with van der Waals surface area (Å²) in [5.41, 5.74) is 0. The van der Waals surface area contributed by atoms with Gasteiger partial charge in [0.15, 0.2) is 0 Å². The second-order valence-electron chi connectivity index (χ2n) is 6.30. The molecule has 1 aliphatic heterocycles. The van der Waals surface area contributed by atoms with Crippen molar-refractivity contribution in [1.82, 2.24) is 9.80 Å². The normalized spacial score (nSPS) is 20.2. The third-order valence-corrected chi connectivity index (χ3v) is 5.62. The maximum Gasteiger partial charge on any atom is 0.248 e. The summed E-state index contributed by atoms with van der Waals surface area (Å²) in [5.74, 6) is -0.504. The van der Waals surface area contributed by atoms with Gasteiger partial charge in [-0.2, -0.15) is 0 Å². The van der Waals surface area contributed by atoms with E-state index < -0.39 is 0 Å². The van der Waals surface area contributed by atoms with Crippen LogP contribution >= 0.6 is 11.3 Å². The predicted molar refractivity (Wildman–Crippen MR) is 87.9 cm³/mol. The molecule has 2 heterocycles. The number of hydrogen-bond donors (Lipinski definition) is 0. The fourth-order valence-corrected chi connectivity index (χ4v) is 4.08. The number of carbonyl (C=O) groups excluding carboxylic acids is 3. The Morgan fingerprint density at radius 3 is 2.43 bits per heavy atom. The highest BCUT2D eigenvalue weighted by atomic mass is 32.1. The van der Waals surface area contributed by atoms with Crippen LogP contribution in [-0.4, -0.2) is 47.2 Å². The molecule has 1 saturated heterocycles. The Morgan fingerprint density at radius 2 is 1.83 bits per heavy atom. The number of amides is 3. The first-order valence-electron chi connectivity index (χ1n) is 8.29. The highest BCUT2D eigenvalue weighted by molar-refractivity contribution is 7.09. The molecule has 0 bridgehead atoms. The van der Waals surface area contributed by atoms with E-state index in [1.54, 1.807) is 11.3 Å². The minimum absolute atomic E-state index is 0.00187. The second kappa shape index (κ2) is 7.25. The van der Waals surface area contributed by atoms with Crippen LogP contribution in [0, 0.1) is 5.92 Å². The van der Waals surface area contributed by atoms with Crippen LogP contribution in [0.25, 0.3) is 0 Å². The molecule has 23 heavy (non-hydrogen) atoms. The molecule has 2 fully saturated rings.